The number of hydrogen-bond donors (Lipinski definition) is 2. The molecule has 1 aliphatic heterocycles. The first-order valence-electron chi connectivity index (χ1n) is 6.21. The highest BCUT2D eigenvalue weighted by Crippen LogP contribution is 2.33. The van der Waals surface area contributed by atoms with Gasteiger partial charge in [0, 0.05) is 13.2 Å². The minimum Gasteiger partial charge on any atom is -0.508 e. The zero-order chi connectivity index (χ0) is 15.7. The second-order valence-electron chi connectivity index (χ2n) is 4.70. The van der Waals surface area contributed by atoms with Gasteiger partial charge in [-0.2, -0.15) is 13.2 Å². The van der Waals surface area contributed by atoms with E-state index >= 15 is 0 Å². The predicted octanol–water partition coefficient (Wildman–Crippen LogP) is 1.87. The van der Waals surface area contributed by atoms with Crippen molar-refractivity contribution in [1.82, 2.24) is 4.72 Å². The van der Waals surface area contributed by atoms with Crippen molar-refractivity contribution in [1.29, 1.82) is 0 Å². The highest BCUT2D eigenvalue weighted by atomic mass is 32.2. The molecule has 1 fully saturated rings. The Balaban J connectivity index is 2.20. The molecule has 0 aliphatic carbocycles. The van der Waals surface area contributed by atoms with Crippen molar-refractivity contribution in [2.45, 2.75) is 30.0 Å². The van der Waals surface area contributed by atoms with Gasteiger partial charge in [-0.25, -0.2) is 13.1 Å². The van der Waals surface area contributed by atoms with Crippen LogP contribution in [0.25, 0.3) is 0 Å². The molecule has 0 spiro atoms. The molecule has 0 aromatic heterocycles. The number of rotatable bonds is 4. The number of hydrogen-bond acceptors (Lipinski definition) is 4. The fourth-order valence-corrected chi connectivity index (χ4v) is 3.12. The SMILES string of the molecule is O=S(=O)(NCC1CCCO1)c1cc(O)cc(C(F)(F)F)c1. The molecule has 5 nitrogen and oxygen atoms in total. The number of aromatic hydroxyl groups is 1. The molecule has 0 radical (unpaired) electrons. The van der Waals surface area contributed by atoms with E-state index in [2.05, 4.69) is 4.72 Å². The van der Waals surface area contributed by atoms with Crippen molar-refractivity contribution in [2.75, 3.05) is 13.2 Å². The molecule has 9 heteroatoms. The van der Waals surface area contributed by atoms with E-state index in [9.17, 15) is 26.7 Å². The maximum absolute atomic E-state index is 12.6. The zero-order valence-corrected chi connectivity index (χ0v) is 11.7. The van der Waals surface area contributed by atoms with Gasteiger partial charge in [0.05, 0.1) is 16.6 Å². The van der Waals surface area contributed by atoms with Gasteiger partial charge in [0.2, 0.25) is 10.0 Å². The maximum atomic E-state index is 12.6. The summed E-state index contributed by atoms with van der Waals surface area (Å²) in [6.07, 6.45) is -3.51. The summed E-state index contributed by atoms with van der Waals surface area (Å²) in [6, 6.07) is 1.73. The molecule has 2 N–H and O–H groups in total. The number of nitrogens with one attached hydrogen (secondary N) is 1. The first-order chi connectivity index (χ1) is 9.68. The van der Waals surface area contributed by atoms with E-state index in [-0.39, 0.29) is 12.6 Å². The van der Waals surface area contributed by atoms with Gasteiger partial charge in [0.25, 0.3) is 0 Å². The summed E-state index contributed by atoms with van der Waals surface area (Å²) in [4.78, 5) is -0.632. The van der Waals surface area contributed by atoms with Crippen LogP contribution in [0.4, 0.5) is 13.2 Å². The van der Waals surface area contributed by atoms with Crippen molar-refractivity contribution >= 4 is 10.0 Å². The number of ether oxygens (including phenoxy) is 1. The predicted molar refractivity (Wildman–Crippen MR) is 67.3 cm³/mol. The van der Waals surface area contributed by atoms with Crippen molar-refractivity contribution < 1.29 is 31.4 Å². The third-order valence-electron chi connectivity index (χ3n) is 3.05. The third kappa shape index (κ3) is 4.08. The van der Waals surface area contributed by atoms with Crippen molar-refractivity contribution in [3.8, 4) is 5.75 Å². The number of halogens is 3. The van der Waals surface area contributed by atoms with Gasteiger partial charge in [-0.1, -0.05) is 0 Å². The summed E-state index contributed by atoms with van der Waals surface area (Å²) in [6.45, 7) is 0.524. The normalized spacial score (nSPS) is 19.9. The van der Waals surface area contributed by atoms with Crippen LogP contribution in [0.3, 0.4) is 0 Å². The molecule has 0 bridgehead atoms. The van der Waals surface area contributed by atoms with Gasteiger partial charge >= 0.3 is 6.18 Å². The van der Waals surface area contributed by atoms with Crippen molar-refractivity contribution in [2.24, 2.45) is 0 Å². The summed E-state index contributed by atoms with van der Waals surface area (Å²) in [5.41, 5.74) is -1.22. The minimum absolute atomic E-state index is 0.0145. The Kier molecular flexibility index (Phi) is 4.45. The lowest BCUT2D eigenvalue weighted by Gasteiger charge is -2.13. The molecule has 1 aliphatic rings. The number of phenols is 1. The van der Waals surface area contributed by atoms with Gasteiger partial charge in [-0.15, -0.1) is 0 Å². The minimum atomic E-state index is -4.74. The zero-order valence-electron chi connectivity index (χ0n) is 10.9. The number of sulfonamides is 1. The fraction of sp³-hybridized carbons (Fsp3) is 0.500. The summed E-state index contributed by atoms with van der Waals surface area (Å²) < 4.78 is 69.2. The van der Waals surface area contributed by atoms with E-state index in [1.54, 1.807) is 0 Å². The number of alkyl halides is 3. The van der Waals surface area contributed by atoms with Crippen LogP contribution >= 0.6 is 0 Å². The van der Waals surface area contributed by atoms with Crippen molar-refractivity contribution in [3.05, 3.63) is 23.8 Å². The molecule has 2 rings (SSSR count). The molecule has 0 amide bonds. The molecule has 1 saturated heterocycles. The lowest BCUT2D eigenvalue weighted by Crippen LogP contribution is -2.32. The molecule has 1 aromatic rings. The fourth-order valence-electron chi connectivity index (χ4n) is 1.99. The van der Waals surface area contributed by atoms with Crippen LogP contribution in [0, 0.1) is 0 Å². The molecule has 1 atom stereocenters. The summed E-state index contributed by atoms with van der Waals surface area (Å²) in [5.74, 6) is -0.762. The first kappa shape index (κ1) is 16.1. The maximum Gasteiger partial charge on any atom is 0.416 e. The van der Waals surface area contributed by atoms with Gasteiger partial charge in [-0.05, 0) is 31.0 Å². The average molecular weight is 325 g/mol. The van der Waals surface area contributed by atoms with Crippen LogP contribution in [0.2, 0.25) is 0 Å². The summed E-state index contributed by atoms with van der Waals surface area (Å²) in [7, 11) is -4.14. The second-order valence-corrected chi connectivity index (χ2v) is 6.47. The molecular formula is C12H14F3NO4S. The molecule has 118 valence electrons. The lowest BCUT2D eigenvalue weighted by atomic mass is 10.2. The van der Waals surface area contributed by atoms with Crippen LogP contribution in [0.15, 0.2) is 23.1 Å². The van der Waals surface area contributed by atoms with E-state index in [1.165, 1.54) is 0 Å². The van der Waals surface area contributed by atoms with Gasteiger partial charge in [0.15, 0.2) is 0 Å². The smallest absolute Gasteiger partial charge is 0.416 e. The monoisotopic (exact) mass is 325 g/mol. The van der Waals surface area contributed by atoms with E-state index in [4.69, 9.17) is 4.74 Å². The standard InChI is InChI=1S/C12H14F3NO4S/c13-12(14,15)8-4-9(17)6-11(5-8)21(18,19)16-7-10-2-1-3-20-10/h4-6,10,16-17H,1-3,7H2. The molecular weight excluding hydrogens is 311 g/mol. The van der Waals surface area contributed by atoms with Crippen LogP contribution in [0.1, 0.15) is 18.4 Å². The van der Waals surface area contributed by atoms with Crippen LogP contribution in [0.5, 0.6) is 5.75 Å². The van der Waals surface area contributed by atoms with Crippen LogP contribution in [-0.4, -0.2) is 32.8 Å². The Bertz CT molecular complexity index is 609. The molecule has 1 aromatic carbocycles. The topological polar surface area (TPSA) is 75.6 Å². The Labute approximate surface area is 119 Å². The number of phenolic OH excluding ortho intramolecular Hbond substituents is 1. The average Bonchev–Trinajstić information content (AvgIpc) is 2.88. The highest BCUT2D eigenvalue weighted by Gasteiger charge is 2.33. The van der Waals surface area contributed by atoms with Gasteiger partial charge in [0.1, 0.15) is 5.75 Å². The van der Waals surface area contributed by atoms with Crippen LogP contribution < -0.4 is 4.72 Å². The van der Waals surface area contributed by atoms with Crippen molar-refractivity contribution in [3.63, 3.8) is 0 Å². The Morgan fingerprint density at radius 1 is 1.33 bits per heavy atom. The first-order valence-corrected chi connectivity index (χ1v) is 7.69. The summed E-state index contributed by atoms with van der Waals surface area (Å²) in [5, 5.41) is 9.28. The van der Waals surface area contributed by atoms with Gasteiger partial charge < -0.3 is 9.84 Å². The molecule has 1 unspecified atom stereocenters. The molecule has 1 heterocycles. The molecule has 21 heavy (non-hydrogen) atoms. The quantitative estimate of drug-likeness (QED) is 0.886. The summed E-state index contributed by atoms with van der Waals surface area (Å²) >= 11 is 0. The van der Waals surface area contributed by atoms with Gasteiger partial charge in [-0.3, -0.25) is 0 Å². The van der Waals surface area contributed by atoms with E-state index in [0.29, 0.717) is 25.2 Å². The Morgan fingerprint density at radius 2 is 2.05 bits per heavy atom. The van der Waals surface area contributed by atoms with E-state index in [1.807, 2.05) is 0 Å². The second kappa shape index (κ2) is 5.82. The Morgan fingerprint density at radius 3 is 2.62 bits per heavy atom. The lowest BCUT2D eigenvalue weighted by molar-refractivity contribution is -0.137. The third-order valence-corrected chi connectivity index (χ3v) is 4.46. The number of benzene rings is 1. The highest BCUT2D eigenvalue weighted by molar-refractivity contribution is 7.89. The van der Waals surface area contributed by atoms with E-state index < -0.39 is 32.4 Å². The van der Waals surface area contributed by atoms with Crippen LogP contribution in [-0.2, 0) is 20.9 Å². The Hall–Kier alpha value is -1.32. The molecule has 0 saturated carbocycles. The largest absolute Gasteiger partial charge is 0.508 e. The van der Waals surface area contributed by atoms with E-state index in [0.717, 1.165) is 12.5 Å².